The molecule has 1 saturated heterocycles. The van der Waals surface area contributed by atoms with E-state index in [2.05, 4.69) is 15.0 Å². The first-order valence-corrected chi connectivity index (χ1v) is 8.98. The molecule has 2 aliphatic heterocycles. The van der Waals surface area contributed by atoms with E-state index in [1.165, 1.54) is 25.4 Å². The summed E-state index contributed by atoms with van der Waals surface area (Å²) in [5, 5.41) is 3.02. The van der Waals surface area contributed by atoms with Gasteiger partial charge in [-0.3, -0.25) is 0 Å². The Labute approximate surface area is 160 Å². The maximum atomic E-state index is 14.0. The summed E-state index contributed by atoms with van der Waals surface area (Å²) in [5.41, 5.74) is 2.14. The topological polar surface area (TPSA) is 71.5 Å². The van der Waals surface area contributed by atoms with Gasteiger partial charge < -0.3 is 15.0 Å². The van der Waals surface area contributed by atoms with Crippen LogP contribution >= 0.6 is 11.6 Å². The van der Waals surface area contributed by atoms with Gasteiger partial charge in [0.1, 0.15) is 0 Å². The largest absolute Gasteiger partial charge is 0.465 e. The van der Waals surface area contributed by atoms with Crippen LogP contribution in [0, 0.1) is 5.95 Å². The Morgan fingerprint density at radius 3 is 2.89 bits per heavy atom. The smallest absolute Gasteiger partial charge is 0.339 e. The number of amides is 2. The van der Waals surface area contributed by atoms with Crippen LogP contribution in [0.15, 0.2) is 30.5 Å². The van der Waals surface area contributed by atoms with Gasteiger partial charge in [0.15, 0.2) is 0 Å². The van der Waals surface area contributed by atoms with Gasteiger partial charge in [-0.15, -0.1) is 0 Å². The van der Waals surface area contributed by atoms with Crippen molar-refractivity contribution < 1.29 is 18.7 Å². The number of aromatic nitrogens is 1. The number of fused-ring (bicyclic) bond motifs is 4. The number of nitrogens with zero attached hydrogens (tertiary/aromatic N) is 2. The van der Waals surface area contributed by atoms with Crippen molar-refractivity contribution in [3.8, 4) is 0 Å². The Morgan fingerprint density at radius 1 is 1.33 bits per heavy atom. The molecule has 1 N–H and O–H groups in total. The van der Waals surface area contributed by atoms with E-state index in [1.807, 2.05) is 0 Å². The summed E-state index contributed by atoms with van der Waals surface area (Å²) in [6, 6.07) is 5.89. The molecular weight excluding hydrogens is 373 g/mol. The fourth-order valence-corrected chi connectivity index (χ4v) is 4.24. The summed E-state index contributed by atoms with van der Waals surface area (Å²) in [7, 11) is 1.27. The number of methoxy groups -OCH3 is 1. The quantitative estimate of drug-likeness (QED) is 0.623. The van der Waals surface area contributed by atoms with Crippen molar-refractivity contribution in [2.45, 2.75) is 31.3 Å². The number of carbonyl (C=O) groups is 2. The van der Waals surface area contributed by atoms with E-state index >= 15 is 0 Å². The highest BCUT2D eigenvalue weighted by molar-refractivity contribution is 6.34. The molecule has 1 aromatic carbocycles. The lowest BCUT2D eigenvalue weighted by Gasteiger charge is -2.36. The van der Waals surface area contributed by atoms with Crippen LogP contribution in [0.3, 0.4) is 0 Å². The van der Waals surface area contributed by atoms with E-state index in [-0.39, 0.29) is 28.7 Å². The van der Waals surface area contributed by atoms with Crippen LogP contribution < -0.4 is 5.32 Å². The van der Waals surface area contributed by atoms with Crippen LogP contribution in [-0.4, -0.2) is 35.0 Å². The predicted octanol–water partition coefficient (Wildman–Crippen LogP) is 3.95. The Bertz CT molecular complexity index is 936. The summed E-state index contributed by atoms with van der Waals surface area (Å²) in [6.45, 7) is 0. The maximum absolute atomic E-state index is 14.0. The number of ether oxygens (including phenoxy) is 1. The van der Waals surface area contributed by atoms with Crippen molar-refractivity contribution in [3.63, 3.8) is 0 Å². The van der Waals surface area contributed by atoms with Crippen LogP contribution in [-0.2, 0) is 11.2 Å². The van der Waals surface area contributed by atoms with Crippen LogP contribution in [0.1, 0.15) is 40.4 Å². The zero-order valence-corrected chi connectivity index (χ0v) is 15.3. The first-order valence-electron chi connectivity index (χ1n) is 8.60. The minimum Gasteiger partial charge on any atom is -0.465 e. The number of rotatable bonds is 2. The zero-order valence-electron chi connectivity index (χ0n) is 14.5. The number of nitrogens with one attached hydrogen (secondary N) is 1. The van der Waals surface area contributed by atoms with Gasteiger partial charge in [0, 0.05) is 23.5 Å². The van der Waals surface area contributed by atoms with E-state index in [0.29, 0.717) is 17.7 Å². The molecule has 8 heteroatoms. The SMILES string of the molecule is COC(=O)c1ccc(NC(=O)N2[C@H]3CC[C@@H]2c2ccnc(F)c2C3)cc1Cl. The van der Waals surface area contributed by atoms with E-state index in [4.69, 9.17) is 11.6 Å². The maximum Gasteiger partial charge on any atom is 0.339 e. The summed E-state index contributed by atoms with van der Waals surface area (Å²) in [6.07, 6.45) is 3.50. The number of pyridine rings is 1. The Kier molecular flexibility index (Phi) is 4.47. The molecule has 1 aromatic heterocycles. The van der Waals surface area contributed by atoms with Crippen molar-refractivity contribution in [1.29, 1.82) is 0 Å². The van der Waals surface area contributed by atoms with Gasteiger partial charge in [0.05, 0.1) is 23.7 Å². The number of carbonyl (C=O) groups excluding carboxylic acids is 2. The monoisotopic (exact) mass is 389 g/mol. The lowest BCUT2D eigenvalue weighted by molar-refractivity contribution is 0.0601. The number of urea groups is 1. The fourth-order valence-electron chi connectivity index (χ4n) is 3.98. The second kappa shape index (κ2) is 6.81. The molecule has 2 amide bonds. The molecule has 1 fully saturated rings. The molecule has 140 valence electrons. The molecule has 0 spiro atoms. The molecule has 0 saturated carbocycles. The Hall–Kier alpha value is -2.67. The van der Waals surface area contributed by atoms with Crippen molar-refractivity contribution in [2.75, 3.05) is 12.4 Å². The third kappa shape index (κ3) is 3.02. The molecule has 2 bridgehead atoms. The number of esters is 1. The Morgan fingerprint density at radius 2 is 2.15 bits per heavy atom. The highest BCUT2D eigenvalue weighted by Crippen LogP contribution is 2.44. The van der Waals surface area contributed by atoms with Gasteiger partial charge in [-0.2, -0.15) is 4.39 Å². The van der Waals surface area contributed by atoms with Crippen molar-refractivity contribution >= 4 is 29.3 Å². The predicted molar refractivity (Wildman–Crippen MR) is 97.3 cm³/mol. The molecule has 6 nitrogen and oxygen atoms in total. The van der Waals surface area contributed by atoms with Crippen LogP contribution in [0.5, 0.6) is 0 Å². The molecule has 2 aliphatic rings. The molecule has 0 aliphatic carbocycles. The van der Waals surface area contributed by atoms with Gasteiger partial charge in [-0.1, -0.05) is 11.6 Å². The van der Waals surface area contributed by atoms with Crippen LogP contribution in [0.4, 0.5) is 14.9 Å². The lowest BCUT2D eigenvalue weighted by Crippen LogP contribution is -2.44. The third-order valence-electron chi connectivity index (χ3n) is 5.20. The van der Waals surface area contributed by atoms with Crippen LogP contribution in [0.25, 0.3) is 0 Å². The summed E-state index contributed by atoms with van der Waals surface area (Å²) < 4.78 is 18.7. The minimum absolute atomic E-state index is 0.0639. The zero-order chi connectivity index (χ0) is 19.1. The first-order chi connectivity index (χ1) is 13.0. The third-order valence-corrected chi connectivity index (χ3v) is 5.51. The van der Waals surface area contributed by atoms with Gasteiger partial charge in [-0.25, -0.2) is 14.6 Å². The number of anilines is 1. The second-order valence-corrected chi connectivity index (χ2v) is 7.05. The lowest BCUT2D eigenvalue weighted by atomic mass is 9.95. The summed E-state index contributed by atoms with van der Waals surface area (Å²) in [5.74, 6) is -0.992. The fraction of sp³-hybridized carbons (Fsp3) is 0.316. The number of hydrogen-bond acceptors (Lipinski definition) is 4. The highest BCUT2D eigenvalue weighted by atomic mass is 35.5. The van der Waals surface area contributed by atoms with Gasteiger partial charge >= 0.3 is 12.0 Å². The van der Waals surface area contributed by atoms with E-state index in [1.54, 1.807) is 17.0 Å². The highest BCUT2D eigenvalue weighted by Gasteiger charge is 2.43. The van der Waals surface area contributed by atoms with Gasteiger partial charge in [-0.05, 0) is 49.1 Å². The molecule has 0 radical (unpaired) electrons. The number of halogens is 2. The normalized spacial score (nSPS) is 20.2. The van der Waals surface area contributed by atoms with Crippen molar-refractivity contribution in [2.24, 2.45) is 0 Å². The van der Waals surface area contributed by atoms with Crippen LogP contribution in [0.2, 0.25) is 5.02 Å². The molecule has 2 atom stereocenters. The summed E-state index contributed by atoms with van der Waals surface area (Å²) in [4.78, 5) is 30.0. The second-order valence-electron chi connectivity index (χ2n) is 6.64. The Balaban J connectivity index is 1.56. The average Bonchev–Trinajstić information content (AvgIpc) is 2.97. The average molecular weight is 390 g/mol. The molecule has 0 unspecified atom stereocenters. The van der Waals surface area contributed by atoms with Gasteiger partial charge in [0.25, 0.3) is 0 Å². The minimum atomic E-state index is -0.542. The van der Waals surface area contributed by atoms with Crippen molar-refractivity contribution in [3.05, 3.63) is 58.1 Å². The molecular formula is C19H17ClFN3O3. The summed E-state index contributed by atoms with van der Waals surface area (Å²) >= 11 is 6.11. The molecule has 4 rings (SSSR count). The first kappa shape index (κ1) is 17.7. The molecule has 2 aromatic rings. The van der Waals surface area contributed by atoms with Gasteiger partial charge in [0.2, 0.25) is 5.95 Å². The number of benzene rings is 1. The van der Waals surface area contributed by atoms with Crippen molar-refractivity contribution in [1.82, 2.24) is 9.88 Å². The van der Waals surface area contributed by atoms with E-state index in [9.17, 15) is 14.0 Å². The molecule has 3 heterocycles. The van der Waals surface area contributed by atoms with E-state index in [0.717, 1.165) is 18.4 Å². The molecule has 27 heavy (non-hydrogen) atoms. The van der Waals surface area contributed by atoms with E-state index < -0.39 is 11.9 Å². The standard InChI is InChI=1S/C19H17ClFN3O3/c1-27-18(25)13-4-2-10(8-15(13)20)23-19(26)24-11-3-5-16(24)12-6-7-22-17(21)14(12)9-11/h2,4,6-8,11,16H,3,5,9H2,1H3,(H,23,26)/t11-,16+/m0/s1. The number of hydrogen-bond donors (Lipinski definition) is 1.